The van der Waals surface area contributed by atoms with Gasteiger partial charge in [-0.25, -0.2) is 4.79 Å². The first kappa shape index (κ1) is 19.1. The van der Waals surface area contributed by atoms with Crippen molar-refractivity contribution in [1.29, 1.82) is 5.26 Å². The van der Waals surface area contributed by atoms with Gasteiger partial charge in [0.1, 0.15) is 17.6 Å². The Morgan fingerprint density at radius 3 is 2.72 bits per heavy atom. The molecule has 1 aromatic rings. The average molecular weight is 398 g/mol. The first-order valence-corrected chi connectivity index (χ1v) is 9.59. The zero-order valence-corrected chi connectivity index (χ0v) is 16.1. The van der Waals surface area contributed by atoms with E-state index in [2.05, 4.69) is 16.7 Å². The van der Waals surface area contributed by atoms with E-state index in [0.29, 0.717) is 24.3 Å². The summed E-state index contributed by atoms with van der Waals surface area (Å²) in [4.78, 5) is 38.7. The summed E-state index contributed by atoms with van der Waals surface area (Å²) in [5, 5.41) is 14.8. The Morgan fingerprint density at radius 1 is 1.28 bits per heavy atom. The maximum atomic E-state index is 12.9. The zero-order valence-electron chi connectivity index (χ0n) is 16.1. The molecule has 0 aromatic heterocycles. The van der Waals surface area contributed by atoms with Gasteiger partial charge in [-0.15, -0.1) is 0 Å². The highest BCUT2D eigenvalue weighted by Crippen LogP contribution is 2.34. The summed E-state index contributed by atoms with van der Waals surface area (Å²) in [5.41, 5.74) is -1.27. The topological polar surface area (TPSA) is 121 Å². The van der Waals surface area contributed by atoms with E-state index < -0.39 is 35.5 Å². The number of nitrogens with zero attached hydrogens (tertiary/aromatic N) is 2. The quantitative estimate of drug-likeness (QED) is 0.720. The fourth-order valence-electron chi connectivity index (χ4n) is 4.16. The molecule has 9 heteroatoms. The summed E-state index contributed by atoms with van der Waals surface area (Å²) in [7, 11) is 0. The van der Waals surface area contributed by atoms with Gasteiger partial charge >= 0.3 is 6.03 Å². The van der Waals surface area contributed by atoms with Crippen molar-refractivity contribution in [2.75, 3.05) is 13.3 Å². The maximum Gasteiger partial charge on any atom is 0.325 e. The van der Waals surface area contributed by atoms with Gasteiger partial charge in [-0.05, 0) is 50.3 Å². The Balaban J connectivity index is 1.44. The van der Waals surface area contributed by atoms with Crippen LogP contribution in [-0.4, -0.2) is 47.2 Å². The van der Waals surface area contributed by atoms with Crippen LogP contribution in [0.5, 0.6) is 11.5 Å². The lowest BCUT2D eigenvalue weighted by Crippen LogP contribution is -2.51. The Bertz CT molecular complexity index is 918. The molecule has 1 saturated heterocycles. The Hall–Kier alpha value is -3.28. The summed E-state index contributed by atoms with van der Waals surface area (Å²) in [6, 6.07) is 6.89. The molecule has 29 heavy (non-hydrogen) atoms. The van der Waals surface area contributed by atoms with Crippen molar-refractivity contribution in [1.82, 2.24) is 15.5 Å². The van der Waals surface area contributed by atoms with Crippen LogP contribution in [0.2, 0.25) is 0 Å². The number of nitriles is 1. The van der Waals surface area contributed by atoms with Gasteiger partial charge < -0.3 is 20.1 Å². The van der Waals surface area contributed by atoms with E-state index in [0.717, 1.165) is 23.3 Å². The van der Waals surface area contributed by atoms with Crippen LogP contribution in [0.25, 0.3) is 0 Å². The monoisotopic (exact) mass is 398 g/mol. The first-order valence-electron chi connectivity index (χ1n) is 9.59. The normalized spacial score (nSPS) is 24.3. The molecule has 2 N–H and O–H groups in total. The van der Waals surface area contributed by atoms with Gasteiger partial charge in [0.25, 0.3) is 5.91 Å². The molecule has 9 nitrogen and oxygen atoms in total. The van der Waals surface area contributed by atoms with Crippen LogP contribution < -0.4 is 20.1 Å². The largest absolute Gasteiger partial charge is 0.454 e. The third-order valence-corrected chi connectivity index (χ3v) is 5.69. The molecular formula is C20H22N4O5. The Kier molecular flexibility index (Phi) is 4.57. The van der Waals surface area contributed by atoms with E-state index in [1.807, 2.05) is 6.07 Å². The molecule has 1 atom stereocenters. The molecule has 1 aromatic carbocycles. The number of fused-ring (bicyclic) bond motifs is 1. The first-order chi connectivity index (χ1) is 13.8. The number of carbonyl (C=O) groups excluding carboxylic acids is 3. The number of hydrogen-bond donors (Lipinski definition) is 2. The number of carbonyl (C=O) groups is 3. The molecule has 1 saturated carbocycles. The number of ether oxygens (including phenoxy) is 2. The second-order valence-corrected chi connectivity index (χ2v) is 7.97. The smallest absolute Gasteiger partial charge is 0.325 e. The van der Waals surface area contributed by atoms with E-state index in [9.17, 15) is 19.6 Å². The van der Waals surface area contributed by atoms with Crippen LogP contribution in [0.4, 0.5) is 4.79 Å². The van der Waals surface area contributed by atoms with Crippen molar-refractivity contribution in [3.8, 4) is 17.6 Å². The molecule has 4 rings (SSSR count). The fraction of sp³-hybridized carbons (Fsp3) is 0.500. The molecule has 0 radical (unpaired) electrons. The predicted molar refractivity (Wildman–Crippen MR) is 99.9 cm³/mol. The molecule has 2 aliphatic heterocycles. The van der Waals surface area contributed by atoms with Crippen LogP contribution in [0.3, 0.4) is 0 Å². The molecule has 0 spiro atoms. The van der Waals surface area contributed by atoms with Crippen LogP contribution in [0.1, 0.15) is 38.2 Å². The third-order valence-electron chi connectivity index (χ3n) is 5.69. The summed E-state index contributed by atoms with van der Waals surface area (Å²) in [6.45, 7) is 1.37. The van der Waals surface area contributed by atoms with Crippen molar-refractivity contribution >= 4 is 17.8 Å². The van der Waals surface area contributed by atoms with E-state index in [1.54, 1.807) is 19.1 Å². The van der Waals surface area contributed by atoms with Crippen LogP contribution >= 0.6 is 0 Å². The second-order valence-electron chi connectivity index (χ2n) is 7.97. The summed E-state index contributed by atoms with van der Waals surface area (Å²) < 4.78 is 10.6. The zero-order chi connectivity index (χ0) is 20.6. The third kappa shape index (κ3) is 3.46. The molecule has 4 amide bonds. The van der Waals surface area contributed by atoms with Gasteiger partial charge in [0, 0.05) is 6.42 Å². The predicted octanol–water partition coefficient (Wildman–Crippen LogP) is 1.22. The fourth-order valence-corrected chi connectivity index (χ4v) is 4.16. The molecular weight excluding hydrogens is 376 g/mol. The summed E-state index contributed by atoms with van der Waals surface area (Å²) in [6.07, 6.45) is 3.14. The minimum Gasteiger partial charge on any atom is -0.454 e. The van der Waals surface area contributed by atoms with E-state index in [-0.39, 0.29) is 13.2 Å². The maximum absolute atomic E-state index is 12.9. The minimum atomic E-state index is -1.18. The molecule has 0 unspecified atom stereocenters. The van der Waals surface area contributed by atoms with Gasteiger partial charge in [0.05, 0.1) is 6.07 Å². The van der Waals surface area contributed by atoms with Crippen LogP contribution in [0.15, 0.2) is 18.2 Å². The number of rotatable bonds is 5. The van der Waals surface area contributed by atoms with Crippen LogP contribution in [-0.2, 0) is 16.0 Å². The van der Waals surface area contributed by atoms with Gasteiger partial charge in [0.2, 0.25) is 12.7 Å². The molecule has 1 aliphatic carbocycles. The van der Waals surface area contributed by atoms with Gasteiger partial charge in [-0.1, -0.05) is 6.07 Å². The van der Waals surface area contributed by atoms with Gasteiger partial charge in [0.15, 0.2) is 11.5 Å². The minimum absolute atomic E-state index is 0.152. The van der Waals surface area contributed by atoms with Crippen molar-refractivity contribution < 1.29 is 23.9 Å². The number of benzene rings is 1. The average Bonchev–Trinajstić information content (AvgIpc) is 3.38. The van der Waals surface area contributed by atoms with Crippen molar-refractivity contribution in [2.45, 2.75) is 50.1 Å². The van der Waals surface area contributed by atoms with E-state index >= 15 is 0 Å². The van der Waals surface area contributed by atoms with Gasteiger partial charge in [-0.2, -0.15) is 5.26 Å². The molecule has 2 fully saturated rings. The van der Waals surface area contributed by atoms with Crippen molar-refractivity contribution in [3.63, 3.8) is 0 Å². The number of urea groups is 1. The standard InChI is InChI=1S/C20H22N4O5/c1-19(9-13-4-5-14-15(8-13)29-12-28-14)17(26)24(18(27)23-19)10-16(25)22-20(11-21)6-2-3-7-20/h4-5,8H,2-3,6-7,9-10,12H2,1H3,(H,22,25)(H,23,27)/t19-/m1/s1. The highest BCUT2D eigenvalue weighted by atomic mass is 16.7. The lowest BCUT2D eigenvalue weighted by molar-refractivity contribution is -0.135. The molecule has 0 bridgehead atoms. The SMILES string of the molecule is C[C@]1(Cc2ccc3c(c2)OCO3)NC(=O)N(CC(=O)NC2(C#N)CCCC2)C1=O. The number of imide groups is 1. The van der Waals surface area contributed by atoms with Gasteiger partial charge in [-0.3, -0.25) is 14.5 Å². The number of nitrogens with one attached hydrogen (secondary N) is 2. The van der Waals surface area contributed by atoms with E-state index in [1.165, 1.54) is 0 Å². The molecule has 152 valence electrons. The van der Waals surface area contributed by atoms with Crippen molar-refractivity contribution in [3.05, 3.63) is 23.8 Å². The summed E-state index contributed by atoms with van der Waals surface area (Å²) in [5.74, 6) is 0.242. The highest BCUT2D eigenvalue weighted by molar-refractivity contribution is 6.09. The molecule has 2 heterocycles. The summed E-state index contributed by atoms with van der Waals surface area (Å²) >= 11 is 0. The lowest BCUT2D eigenvalue weighted by Gasteiger charge is -2.24. The lowest BCUT2D eigenvalue weighted by atomic mass is 9.92. The van der Waals surface area contributed by atoms with Crippen LogP contribution in [0, 0.1) is 11.3 Å². The van der Waals surface area contributed by atoms with Crippen molar-refractivity contribution in [2.24, 2.45) is 0 Å². The van der Waals surface area contributed by atoms with E-state index in [4.69, 9.17) is 9.47 Å². The second kappa shape index (κ2) is 6.95. The number of hydrogen-bond acceptors (Lipinski definition) is 6. The highest BCUT2D eigenvalue weighted by Gasteiger charge is 2.49. The number of amides is 4. The Labute approximate surface area is 167 Å². The Morgan fingerprint density at radius 2 is 2.00 bits per heavy atom. The molecule has 3 aliphatic rings.